The van der Waals surface area contributed by atoms with Crippen LogP contribution in [-0.2, 0) is 4.74 Å². The van der Waals surface area contributed by atoms with Gasteiger partial charge in [0.2, 0.25) is 0 Å². The lowest BCUT2D eigenvalue weighted by atomic mass is 9.85. The molecule has 0 aromatic rings. The van der Waals surface area contributed by atoms with Gasteiger partial charge in [-0.2, -0.15) is 0 Å². The van der Waals surface area contributed by atoms with E-state index < -0.39 is 0 Å². The summed E-state index contributed by atoms with van der Waals surface area (Å²) in [4.78, 5) is 0. The van der Waals surface area contributed by atoms with Crippen LogP contribution in [0.15, 0.2) is 0 Å². The van der Waals surface area contributed by atoms with Crippen molar-refractivity contribution in [1.29, 1.82) is 0 Å². The van der Waals surface area contributed by atoms with E-state index in [0.717, 1.165) is 6.61 Å². The third-order valence-corrected chi connectivity index (χ3v) is 3.86. The van der Waals surface area contributed by atoms with E-state index in [1.54, 1.807) is 0 Å². The minimum Gasteiger partial charge on any atom is -0.412 e. The average Bonchev–Trinajstić information content (AvgIpc) is 2.40. The first-order valence-corrected chi connectivity index (χ1v) is 8.38. The highest BCUT2D eigenvalue weighted by Crippen LogP contribution is 2.31. The fourth-order valence-corrected chi connectivity index (χ4v) is 2.52. The van der Waals surface area contributed by atoms with Crippen LogP contribution >= 0.6 is 0 Å². The number of ether oxygens (including phenoxy) is 1. The topological polar surface area (TPSA) is 75.7 Å². The molecule has 0 atom stereocenters. The molecule has 3 heteroatoms. The summed E-state index contributed by atoms with van der Waals surface area (Å²) in [6.45, 7) is 10.1. The van der Waals surface area contributed by atoms with Crippen molar-refractivity contribution in [3.8, 4) is 0 Å². The second-order valence-electron chi connectivity index (χ2n) is 5.70. The van der Waals surface area contributed by atoms with E-state index in [0.29, 0.717) is 0 Å². The molecule has 0 aliphatic rings. The van der Waals surface area contributed by atoms with Gasteiger partial charge in [0.1, 0.15) is 0 Å². The number of hydrogen-bond acceptors (Lipinski definition) is 2. The third kappa shape index (κ3) is 11.7. The molecule has 0 aliphatic heterocycles. The summed E-state index contributed by atoms with van der Waals surface area (Å²) in [5.74, 6) is 0. The lowest BCUT2D eigenvalue weighted by Gasteiger charge is -2.34. The summed E-state index contributed by atoms with van der Waals surface area (Å²) < 4.78 is 6.38. The molecule has 0 bridgehead atoms. The summed E-state index contributed by atoms with van der Waals surface area (Å²) in [6, 6.07) is 0. The molecule has 5 N–H and O–H groups in total. The zero-order valence-electron chi connectivity index (χ0n) is 14.6. The Morgan fingerprint density at radius 2 is 1.00 bits per heavy atom. The van der Waals surface area contributed by atoms with Crippen LogP contribution in [0.2, 0.25) is 0 Å². The monoisotopic (exact) mass is 291 g/mol. The first-order chi connectivity index (χ1) is 8.74. The zero-order valence-corrected chi connectivity index (χ0v) is 14.6. The van der Waals surface area contributed by atoms with Gasteiger partial charge in [-0.1, -0.05) is 72.6 Å². The molecule has 0 amide bonds. The molecule has 0 aromatic heterocycles. The Balaban J connectivity index is -0.00000144. The Morgan fingerprint density at radius 3 is 1.30 bits per heavy atom. The summed E-state index contributed by atoms with van der Waals surface area (Å²) in [6.07, 6.45) is 14.1. The van der Waals surface area contributed by atoms with Gasteiger partial charge in [-0.15, -0.1) is 0 Å². The highest BCUT2D eigenvalue weighted by molar-refractivity contribution is 4.81. The second kappa shape index (κ2) is 16.9. The van der Waals surface area contributed by atoms with Crippen molar-refractivity contribution < 1.29 is 10.2 Å². The maximum Gasteiger partial charge on any atom is 0.0682 e. The number of hydrogen-bond donors (Lipinski definition) is 1. The Kier molecular flexibility index (Phi) is 21.1. The predicted octanol–water partition coefficient (Wildman–Crippen LogP) is 5.45. The van der Waals surface area contributed by atoms with Gasteiger partial charge in [0.15, 0.2) is 0 Å². The summed E-state index contributed by atoms with van der Waals surface area (Å²) in [5.41, 5.74) is 0.206. The van der Waals surface area contributed by atoms with Crippen molar-refractivity contribution in [2.45, 2.75) is 104 Å². The van der Waals surface area contributed by atoms with E-state index in [4.69, 9.17) is 4.74 Å². The third-order valence-electron chi connectivity index (χ3n) is 3.86. The largest absolute Gasteiger partial charge is 0.412 e. The molecule has 20 heavy (non-hydrogen) atoms. The zero-order chi connectivity index (χ0) is 13.7. The molecule has 0 aliphatic carbocycles. The van der Waals surface area contributed by atoms with Gasteiger partial charge in [-0.25, -0.2) is 0 Å². The van der Waals surface area contributed by atoms with E-state index in [9.17, 15) is 0 Å². The lowest BCUT2D eigenvalue weighted by molar-refractivity contribution is -0.0684. The van der Waals surface area contributed by atoms with Gasteiger partial charge in [0, 0.05) is 6.61 Å². The number of rotatable bonds is 13. The van der Waals surface area contributed by atoms with Crippen LogP contribution in [0.5, 0.6) is 0 Å². The standard InChI is InChI=1S/C17H36O.H3N.H2O/c1-5-9-13-17(14-10-6-2,15-11-7-3)18-16-12-8-4;;/h5-16H2,1-4H3;1H3;1H2. The van der Waals surface area contributed by atoms with Crippen molar-refractivity contribution in [2.24, 2.45) is 0 Å². The van der Waals surface area contributed by atoms with Crippen LogP contribution in [0, 0.1) is 0 Å². The van der Waals surface area contributed by atoms with Crippen LogP contribution in [0.1, 0.15) is 98.3 Å². The van der Waals surface area contributed by atoms with Gasteiger partial charge in [0.25, 0.3) is 0 Å². The van der Waals surface area contributed by atoms with Crippen molar-refractivity contribution >= 4 is 0 Å². The van der Waals surface area contributed by atoms with E-state index in [-0.39, 0.29) is 17.2 Å². The molecule has 0 spiro atoms. The van der Waals surface area contributed by atoms with Crippen molar-refractivity contribution in [1.82, 2.24) is 6.15 Å². The van der Waals surface area contributed by atoms with Gasteiger partial charge >= 0.3 is 0 Å². The minimum atomic E-state index is 0. The predicted molar refractivity (Wildman–Crippen MR) is 90.8 cm³/mol. The van der Waals surface area contributed by atoms with E-state index in [2.05, 4.69) is 27.7 Å². The Morgan fingerprint density at radius 1 is 0.650 bits per heavy atom. The Labute approximate surface area is 127 Å². The maximum atomic E-state index is 6.38. The first-order valence-electron chi connectivity index (χ1n) is 8.38. The molecule has 0 saturated carbocycles. The number of unbranched alkanes of at least 4 members (excludes halogenated alkanes) is 4. The van der Waals surface area contributed by atoms with E-state index in [1.165, 1.54) is 70.6 Å². The van der Waals surface area contributed by atoms with E-state index in [1.807, 2.05) is 0 Å². The molecule has 126 valence electrons. The van der Waals surface area contributed by atoms with Crippen LogP contribution in [0.4, 0.5) is 0 Å². The molecule has 3 nitrogen and oxygen atoms in total. The van der Waals surface area contributed by atoms with Gasteiger partial charge in [0.05, 0.1) is 5.60 Å². The quantitative estimate of drug-likeness (QED) is 0.458. The molecule has 0 fully saturated rings. The summed E-state index contributed by atoms with van der Waals surface area (Å²) >= 11 is 0. The van der Waals surface area contributed by atoms with Crippen LogP contribution in [0.25, 0.3) is 0 Å². The fraction of sp³-hybridized carbons (Fsp3) is 1.00. The highest BCUT2D eigenvalue weighted by atomic mass is 16.5. The van der Waals surface area contributed by atoms with Gasteiger partial charge < -0.3 is 16.4 Å². The normalized spacial score (nSPS) is 10.8. The van der Waals surface area contributed by atoms with Crippen molar-refractivity contribution in [3.05, 3.63) is 0 Å². The van der Waals surface area contributed by atoms with E-state index >= 15 is 0 Å². The summed E-state index contributed by atoms with van der Waals surface area (Å²) in [7, 11) is 0. The van der Waals surface area contributed by atoms with Crippen LogP contribution in [0.3, 0.4) is 0 Å². The molecule has 0 saturated heterocycles. The average molecular weight is 292 g/mol. The molecule has 0 aromatic carbocycles. The molecular weight excluding hydrogens is 250 g/mol. The highest BCUT2D eigenvalue weighted by Gasteiger charge is 2.28. The molecule has 0 unspecified atom stereocenters. The smallest absolute Gasteiger partial charge is 0.0682 e. The molecular formula is C17H41NO2. The Hall–Kier alpha value is -0.120. The molecule has 0 rings (SSSR count). The van der Waals surface area contributed by atoms with Crippen LogP contribution < -0.4 is 6.15 Å². The summed E-state index contributed by atoms with van der Waals surface area (Å²) in [5, 5.41) is 0. The first kappa shape index (κ1) is 24.9. The molecule has 0 radical (unpaired) electrons. The van der Waals surface area contributed by atoms with Gasteiger partial charge in [-0.3, -0.25) is 0 Å². The lowest BCUT2D eigenvalue weighted by Crippen LogP contribution is -2.33. The minimum absolute atomic E-state index is 0. The maximum absolute atomic E-state index is 6.38. The van der Waals surface area contributed by atoms with Crippen LogP contribution in [-0.4, -0.2) is 17.7 Å². The van der Waals surface area contributed by atoms with Gasteiger partial charge in [-0.05, 0) is 25.7 Å². The SMILES string of the molecule is CCCCOC(CCCC)(CCCC)CCCC.N.O. The van der Waals surface area contributed by atoms with Crippen molar-refractivity contribution in [2.75, 3.05) is 6.61 Å². The molecule has 0 heterocycles. The Bertz CT molecular complexity index is 153. The second-order valence-corrected chi connectivity index (χ2v) is 5.70. The van der Waals surface area contributed by atoms with Crippen molar-refractivity contribution in [3.63, 3.8) is 0 Å². The fourth-order valence-electron chi connectivity index (χ4n) is 2.52.